The summed E-state index contributed by atoms with van der Waals surface area (Å²) in [5, 5.41) is 4.03. The highest BCUT2D eigenvalue weighted by atomic mass is 79.9. The van der Waals surface area contributed by atoms with E-state index >= 15 is 0 Å². The van der Waals surface area contributed by atoms with Crippen LogP contribution in [0.1, 0.15) is 11.6 Å². The van der Waals surface area contributed by atoms with E-state index in [9.17, 15) is 0 Å². The van der Waals surface area contributed by atoms with Crippen LogP contribution in [0, 0.1) is 0 Å². The number of nitrogens with two attached hydrogens (primary N) is 1. The fraction of sp³-hybridized carbons (Fsp3) is 0.286. The van der Waals surface area contributed by atoms with Gasteiger partial charge in [-0.2, -0.15) is 5.10 Å². The molecule has 4 heteroatoms. The summed E-state index contributed by atoms with van der Waals surface area (Å²) in [6.07, 6.45) is 3.41. The third-order valence-electron chi connectivity index (χ3n) is 1.51. The summed E-state index contributed by atoms with van der Waals surface area (Å²) in [4.78, 5) is 0. The van der Waals surface area contributed by atoms with Crippen molar-refractivity contribution in [2.45, 2.75) is 6.04 Å². The van der Waals surface area contributed by atoms with E-state index < -0.39 is 0 Å². The second-order valence-corrected chi connectivity index (χ2v) is 3.03. The zero-order chi connectivity index (χ0) is 8.43. The van der Waals surface area contributed by atoms with Crippen LogP contribution in [0.3, 0.4) is 0 Å². The van der Waals surface area contributed by atoms with Crippen molar-refractivity contribution >= 4 is 15.9 Å². The summed E-state index contributed by atoms with van der Waals surface area (Å²) in [5.41, 5.74) is 6.67. The first kappa shape index (κ1) is 8.49. The average Bonchev–Trinajstić information content (AvgIpc) is 2.32. The van der Waals surface area contributed by atoms with Crippen molar-refractivity contribution in [1.29, 1.82) is 0 Å². The molecule has 1 aromatic rings. The molecule has 2 N–H and O–H groups in total. The van der Waals surface area contributed by atoms with Gasteiger partial charge in [-0.25, -0.2) is 0 Å². The monoisotopic (exact) mass is 215 g/mol. The fourth-order valence-electron chi connectivity index (χ4n) is 0.790. The number of aromatic nitrogens is 2. The molecule has 60 valence electrons. The van der Waals surface area contributed by atoms with Gasteiger partial charge < -0.3 is 5.73 Å². The Labute approximate surface area is 74.0 Å². The van der Waals surface area contributed by atoms with Crippen molar-refractivity contribution in [2.75, 3.05) is 0 Å². The minimum absolute atomic E-state index is 0.141. The molecule has 1 rings (SSSR count). The molecule has 1 heterocycles. The van der Waals surface area contributed by atoms with E-state index in [1.165, 1.54) is 0 Å². The highest BCUT2D eigenvalue weighted by Gasteiger charge is 2.09. The Kier molecular flexibility index (Phi) is 2.46. The number of rotatable bonds is 2. The van der Waals surface area contributed by atoms with Crippen LogP contribution in [0.2, 0.25) is 0 Å². The molecule has 0 aromatic carbocycles. The first-order valence-electron chi connectivity index (χ1n) is 3.22. The third kappa shape index (κ3) is 1.52. The summed E-state index contributed by atoms with van der Waals surface area (Å²) in [7, 11) is 1.85. The SMILES string of the molecule is C=CC(N)c1cnn(C)c1Br. The van der Waals surface area contributed by atoms with Gasteiger partial charge in [0.15, 0.2) is 0 Å². The van der Waals surface area contributed by atoms with Gasteiger partial charge >= 0.3 is 0 Å². The zero-order valence-corrected chi connectivity index (χ0v) is 7.87. The van der Waals surface area contributed by atoms with Crippen molar-refractivity contribution in [3.8, 4) is 0 Å². The molecule has 0 bridgehead atoms. The van der Waals surface area contributed by atoms with Crippen molar-refractivity contribution in [2.24, 2.45) is 12.8 Å². The maximum absolute atomic E-state index is 5.71. The van der Waals surface area contributed by atoms with Crippen LogP contribution in [0.5, 0.6) is 0 Å². The van der Waals surface area contributed by atoms with Crippen LogP contribution in [-0.4, -0.2) is 9.78 Å². The van der Waals surface area contributed by atoms with Crippen LogP contribution in [0.25, 0.3) is 0 Å². The van der Waals surface area contributed by atoms with E-state index in [0.717, 1.165) is 10.2 Å². The molecule has 0 amide bonds. The second kappa shape index (κ2) is 3.19. The van der Waals surface area contributed by atoms with Gasteiger partial charge in [-0.05, 0) is 15.9 Å². The van der Waals surface area contributed by atoms with Gasteiger partial charge in [0.05, 0.1) is 12.2 Å². The van der Waals surface area contributed by atoms with E-state index in [0.29, 0.717) is 0 Å². The number of halogens is 1. The van der Waals surface area contributed by atoms with E-state index in [2.05, 4.69) is 27.6 Å². The standard InChI is InChI=1S/C7H10BrN3/c1-3-6(9)5-4-10-11(2)7(5)8/h3-4,6H,1,9H2,2H3. The van der Waals surface area contributed by atoms with Gasteiger partial charge in [0.1, 0.15) is 4.60 Å². The van der Waals surface area contributed by atoms with Crippen LogP contribution in [0.15, 0.2) is 23.5 Å². The Morgan fingerprint density at radius 3 is 2.91 bits per heavy atom. The Balaban J connectivity index is 3.03. The molecule has 0 fully saturated rings. The Morgan fingerprint density at radius 1 is 1.91 bits per heavy atom. The average molecular weight is 216 g/mol. The molecule has 0 spiro atoms. The summed E-state index contributed by atoms with van der Waals surface area (Å²) < 4.78 is 2.63. The highest BCUT2D eigenvalue weighted by molar-refractivity contribution is 9.10. The lowest BCUT2D eigenvalue weighted by Crippen LogP contribution is -2.06. The summed E-state index contributed by atoms with van der Waals surface area (Å²) in [6, 6.07) is -0.141. The van der Waals surface area contributed by atoms with E-state index in [4.69, 9.17) is 5.73 Å². The molecule has 3 nitrogen and oxygen atoms in total. The zero-order valence-electron chi connectivity index (χ0n) is 6.29. The van der Waals surface area contributed by atoms with E-state index in [1.807, 2.05) is 7.05 Å². The lowest BCUT2D eigenvalue weighted by atomic mass is 10.2. The molecule has 0 radical (unpaired) electrons. The molecule has 1 atom stereocenters. The van der Waals surface area contributed by atoms with E-state index in [-0.39, 0.29) is 6.04 Å². The smallest absolute Gasteiger partial charge is 0.108 e. The predicted molar refractivity (Wildman–Crippen MR) is 48.0 cm³/mol. The normalized spacial score (nSPS) is 13.0. The van der Waals surface area contributed by atoms with Gasteiger partial charge in [-0.1, -0.05) is 6.08 Å². The summed E-state index contributed by atoms with van der Waals surface area (Å²) in [6.45, 7) is 3.60. The number of hydrogen-bond acceptors (Lipinski definition) is 2. The summed E-state index contributed by atoms with van der Waals surface area (Å²) in [5.74, 6) is 0. The van der Waals surface area contributed by atoms with Crippen molar-refractivity contribution in [3.63, 3.8) is 0 Å². The topological polar surface area (TPSA) is 43.8 Å². The van der Waals surface area contributed by atoms with Crippen molar-refractivity contribution < 1.29 is 0 Å². The molecular formula is C7H10BrN3. The molecule has 0 saturated heterocycles. The van der Waals surface area contributed by atoms with Crippen LogP contribution in [0.4, 0.5) is 0 Å². The number of aryl methyl sites for hydroxylation is 1. The molecule has 0 saturated carbocycles. The maximum Gasteiger partial charge on any atom is 0.108 e. The van der Waals surface area contributed by atoms with Gasteiger partial charge in [-0.15, -0.1) is 6.58 Å². The van der Waals surface area contributed by atoms with Gasteiger partial charge in [0.25, 0.3) is 0 Å². The van der Waals surface area contributed by atoms with Gasteiger partial charge in [0.2, 0.25) is 0 Å². The fourth-order valence-corrected chi connectivity index (χ4v) is 1.25. The quantitative estimate of drug-likeness (QED) is 0.758. The minimum atomic E-state index is -0.141. The lowest BCUT2D eigenvalue weighted by Gasteiger charge is -2.02. The lowest BCUT2D eigenvalue weighted by molar-refractivity contribution is 0.746. The Bertz CT molecular complexity index is 267. The van der Waals surface area contributed by atoms with Crippen molar-refractivity contribution in [3.05, 3.63) is 29.0 Å². The molecule has 0 aliphatic rings. The van der Waals surface area contributed by atoms with Crippen molar-refractivity contribution in [1.82, 2.24) is 9.78 Å². The molecule has 1 aromatic heterocycles. The summed E-state index contributed by atoms with van der Waals surface area (Å²) >= 11 is 3.36. The molecular weight excluding hydrogens is 206 g/mol. The second-order valence-electron chi connectivity index (χ2n) is 2.28. The van der Waals surface area contributed by atoms with Gasteiger partial charge in [0, 0.05) is 12.6 Å². The largest absolute Gasteiger partial charge is 0.321 e. The van der Waals surface area contributed by atoms with E-state index in [1.54, 1.807) is 17.0 Å². The number of nitrogens with zero attached hydrogens (tertiary/aromatic N) is 2. The minimum Gasteiger partial charge on any atom is -0.321 e. The molecule has 1 unspecified atom stereocenters. The van der Waals surface area contributed by atoms with Crippen LogP contribution >= 0.6 is 15.9 Å². The maximum atomic E-state index is 5.71. The van der Waals surface area contributed by atoms with Gasteiger partial charge in [-0.3, -0.25) is 4.68 Å². The molecule has 0 aliphatic carbocycles. The first-order valence-corrected chi connectivity index (χ1v) is 4.01. The van der Waals surface area contributed by atoms with Crippen LogP contribution in [-0.2, 0) is 7.05 Å². The molecule has 0 aliphatic heterocycles. The highest BCUT2D eigenvalue weighted by Crippen LogP contribution is 2.20. The first-order chi connectivity index (χ1) is 5.16. The predicted octanol–water partition coefficient (Wildman–Crippen LogP) is 1.37. The molecule has 11 heavy (non-hydrogen) atoms. The Morgan fingerprint density at radius 2 is 2.55 bits per heavy atom. The van der Waals surface area contributed by atoms with Crippen LogP contribution < -0.4 is 5.73 Å². The third-order valence-corrected chi connectivity index (χ3v) is 2.48. The number of hydrogen-bond donors (Lipinski definition) is 1. The Hall–Kier alpha value is -0.610.